The summed E-state index contributed by atoms with van der Waals surface area (Å²) >= 11 is 1.49. The van der Waals surface area contributed by atoms with E-state index in [0.29, 0.717) is 0 Å². The summed E-state index contributed by atoms with van der Waals surface area (Å²) in [7, 11) is -1.62. The minimum Gasteiger partial charge on any atom is -0.337 e. The highest BCUT2D eigenvalue weighted by atomic mass is 32.2. The largest absolute Gasteiger partial charge is 0.337 e. The number of nitrogens with zero attached hydrogens (tertiary/aromatic N) is 3. The first kappa shape index (κ1) is 13.9. The summed E-state index contributed by atoms with van der Waals surface area (Å²) in [4.78, 5) is 8.49. The summed E-state index contributed by atoms with van der Waals surface area (Å²) in [5, 5.41) is 1.90. The molecule has 6 nitrogen and oxygen atoms in total. The molecule has 0 bridgehead atoms. The van der Waals surface area contributed by atoms with Crippen molar-refractivity contribution < 1.29 is 8.42 Å². The minimum atomic E-state index is -3.54. The van der Waals surface area contributed by atoms with E-state index in [1.165, 1.54) is 17.5 Å². The van der Waals surface area contributed by atoms with Crippen LogP contribution in [0.3, 0.4) is 0 Å². The Hall–Kier alpha value is -1.77. The van der Waals surface area contributed by atoms with Crippen LogP contribution in [-0.4, -0.2) is 29.0 Å². The van der Waals surface area contributed by atoms with E-state index in [-0.39, 0.29) is 16.9 Å². The fourth-order valence-electron chi connectivity index (χ4n) is 2.62. The van der Waals surface area contributed by atoms with Crippen LogP contribution in [0.1, 0.15) is 18.0 Å². The normalized spacial score (nSPS) is 21.3. The number of imidazole rings is 1. The van der Waals surface area contributed by atoms with Gasteiger partial charge in [0.15, 0.2) is 0 Å². The zero-order valence-electron chi connectivity index (χ0n) is 11.8. The highest BCUT2D eigenvalue weighted by Gasteiger charge is 2.43. The lowest BCUT2D eigenvalue weighted by molar-refractivity contribution is 0.579. The van der Waals surface area contributed by atoms with Crippen LogP contribution in [-0.2, 0) is 17.1 Å². The Bertz CT molecular complexity index is 945. The van der Waals surface area contributed by atoms with Gasteiger partial charge in [-0.15, -0.1) is 11.3 Å². The molecule has 1 aliphatic carbocycles. The van der Waals surface area contributed by atoms with Gasteiger partial charge in [-0.1, -0.05) is 0 Å². The Kier molecular flexibility index (Phi) is 3.07. The lowest BCUT2D eigenvalue weighted by atomic mass is 10.3. The molecule has 0 radical (unpaired) electrons. The Balaban J connectivity index is 1.56. The average molecular weight is 334 g/mol. The van der Waals surface area contributed by atoms with Gasteiger partial charge in [-0.3, -0.25) is 4.98 Å². The van der Waals surface area contributed by atoms with Crippen molar-refractivity contribution in [3.8, 4) is 0 Å². The molecule has 1 N–H and O–H groups in total. The summed E-state index contributed by atoms with van der Waals surface area (Å²) in [6.45, 7) is 0. The van der Waals surface area contributed by atoms with E-state index in [4.69, 9.17) is 0 Å². The monoisotopic (exact) mass is 334 g/mol. The number of hydrogen-bond donors (Lipinski definition) is 1. The Morgan fingerprint density at radius 1 is 1.41 bits per heavy atom. The lowest BCUT2D eigenvalue weighted by Gasteiger charge is -2.06. The molecule has 22 heavy (non-hydrogen) atoms. The highest BCUT2D eigenvalue weighted by Crippen LogP contribution is 2.41. The zero-order chi connectivity index (χ0) is 15.3. The fourth-order valence-corrected chi connectivity index (χ4v) is 4.73. The number of rotatable bonds is 4. The first-order chi connectivity index (χ1) is 10.5. The Morgan fingerprint density at radius 3 is 3.05 bits per heavy atom. The van der Waals surface area contributed by atoms with Gasteiger partial charge in [-0.05, 0) is 23.9 Å². The molecule has 3 aromatic heterocycles. The molecule has 114 valence electrons. The topological polar surface area (TPSA) is 76.9 Å². The second-order valence-electron chi connectivity index (χ2n) is 5.47. The smallest absolute Gasteiger partial charge is 0.242 e. The second kappa shape index (κ2) is 4.87. The number of aryl methyl sites for hydroxylation is 1. The molecule has 0 unspecified atom stereocenters. The van der Waals surface area contributed by atoms with Crippen LogP contribution in [0.15, 0.2) is 41.1 Å². The number of thiophene rings is 1. The standard InChI is InChI=1S/C14H14N4O2S2/c1-18-8-15-7-13(18)10-5-12(10)17-22(19,20)9-4-14-11(16-6-9)2-3-21-14/h2-4,6-8,10,12,17H,5H2,1H3/t10-,12-/m1/s1. The molecule has 0 spiro atoms. The molecular weight excluding hydrogens is 320 g/mol. The molecule has 1 fully saturated rings. The Morgan fingerprint density at radius 2 is 2.27 bits per heavy atom. The van der Waals surface area contributed by atoms with Gasteiger partial charge in [0.05, 0.1) is 16.5 Å². The number of aromatic nitrogens is 3. The van der Waals surface area contributed by atoms with Crippen LogP contribution in [0.25, 0.3) is 10.2 Å². The van der Waals surface area contributed by atoms with Crippen molar-refractivity contribution in [2.24, 2.45) is 7.05 Å². The van der Waals surface area contributed by atoms with E-state index < -0.39 is 10.0 Å². The quantitative estimate of drug-likeness (QED) is 0.790. The summed E-state index contributed by atoms with van der Waals surface area (Å²) in [6.07, 6.45) is 5.73. The number of nitrogens with one attached hydrogen (secondary N) is 1. The van der Waals surface area contributed by atoms with E-state index >= 15 is 0 Å². The molecule has 0 saturated heterocycles. The predicted octanol–water partition coefficient (Wildman–Crippen LogP) is 1.86. The third-order valence-electron chi connectivity index (χ3n) is 3.92. The van der Waals surface area contributed by atoms with E-state index in [0.717, 1.165) is 22.3 Å². The van der Waals surface area contributed by atoms with Gasteiger partial charge in [-0.25, -0.2) is 18.1 Å². The molecule has 8 heteroatoms. The third-order valence-corrected chi connectivity index (χ3v) is 6.23. The van der Waals surface area contributed by atoms with Crippen molar-refractivity contribution in [1.82, 2.24) is 19.3 Å². The number of pyridine rings is 1. The van der Waals surface area contributed by atoms with Crippen LogP contribution in [0.2, 0.25) is 0 Å². The number of sulfonamides is 1. The van der Waals surface area contributed by atoms with Crippen LogP contribution < -0.4 is 4.72 Å². The summed E-state index contributed by atoms with van der Waals surface area (Å²) < 4.78 is 30.5. The first-order valence-corrected chi connectivity index (χ1v) is 9.23. The van der Waals surface area contributed by atoms with Gasteiger partial charge in [0.25, 0.3) is 0 Å². The second-order valence-corrected chi connectivity index (χ2v) is 8.14. The zero-order valence-corrected chi connectivity index (χ0v) is 13.4. The lowest BCUT2D eigenvalue weighted by Crippen LogP contribution is -2.27. The average Bonchev–Trinajstić information content (AvgIpc) is 2.89. The number of fused-ring (bicyclic) bond motifs is 1. The van der Waals surface area contributed by atoms with Crippen molar-refractivity contribution in [2.75, 3.05) is 0 Å². The van der Waals surface area contributed by atoms with Crippen molar-refractivity contribution in [3.63, 3.8) is 0 Å². The molecule has 1 aliphatic rings. The molecule has 3 heterocycles. The van der Waals surface area contributed by atoms with Gasteiger partial charge in [0.2, 0.25) is 10.0 Å². The third kappa shape index (κ3) is 2.33. The van der Waals surface area contributed by atoms with Crippen LogP contribution in [0.5, 0.6) is 0 Å². The van der Waals surface area contributed by atoms with E-state index in [1.54, 1.807) is 18.6 Å². The molecule has 0 aliphatic heterocycles. The van der Waals surface area contributed by atoms with E-state index in [2.05, 4.69) is 14.7 Å². The molecule has 4 rings (SSSR count). The minimum absolute atomic E-state index is 0.0700. The Labute approximate surface area is 131 Å². The maximum absolute atomic E-state index is 12.5. The molecule has 2 atom stereocenters. The number of hydrogen-bond acceptors (Lipinski definition) is 5. The SMILES string of the molecule is Cn1cncc1[C@@H]1C[C@H]1NS(=O)(=O)c1cnc2ccsc2c1. The highest BCUT2D eigenvalue weighted by molar-refractivity contribution is 7.89. The molecule has 1 saturated carbocycles. The summed E-state index contributed by atoms with van der Waals surface area (Å²) in [5.74, 6) is 0.195. The molecule has 0 amide bonds. The maximum Gasteiger partial charge on any atom is 0.242 e. The molecular formula is C14H14N4O2S2. The maximum atomic E-state index is 12.5. The summed E-state index contributed by atoms with van der Waals surface area (Å²) in [6, 6.07) is 3.49. The van der Waals surface area contributed by atoms with Gasteiger partial charge in [0.1, 0.15) is 4.90 Å². The van der Waals surface area contributed by atoms with Crippen molar-refractivity contribution in [3.05, 3.63) is 41.9 Å². The van der Waals surface area contributed by atoms with Crippen LogP contribution in [0, 0.1) is 0 Å². The van der Waals surface area contributed by atoms with Gasteiger partial charge < -0.3 is 4.57 Å². The van der Waals surface area contributed by atoms with Crippen LogP contribution >= 0.6 is 11.3 Å². The predicted molar refractivity (Wildman–Crippen MR) is 84.3 cm³/mol. The first-order valence-electron chi connectivity index (χ1n) is 6.86. The van der Waals surface area contributed by atoms with Gasteiger partial charge >= 0.3 is 0 Å². The molecule has 0 aromatic carbocycles. The van der Waals surface area contributed by atoms with Crippen molar-refractivity contribution in [2.45, 2.75) is 23.3 Å². The van der Waals surface area contributed by atoms with Gasteiger partial charge in [-0.2, -0.15) is 0 Å². The van der Waals surface area contributed by atoms with Crippen molar-refractivity contribution >= 4 is 31.6 Å². The van der Waals surface area contributed by atoms with Crippen molar-refractivity contribution in [1.29, 1.82) is 0 Å². The summed E-state index contributed by atoms with van der Waals surface area (Å²) in [5.41, 5.74) is 1.88. The molecule has 3 aromatic rings. The van der Waals surface area contributed by atoms with E-state index in [1.807, 2.05) is 23.1 Å². The van der Waals surface area contributed by atoms with E-state index in [9.17, 15) is 8.42 Å². The van der Waals surface area contributed by atoms with Crippen LogP contribution in [0.4, 0.5) is 0 Å². The fraction of sp³-hybridized carbons (Fsp3) is 0.286. The van der Waals surface area contributed by atoms with Gasteiger partial charge in [0, 0.05) is 37.1 Å².